The first kappa shape index (κ1) is 16.8. The van der Waals surface area contributed by atoms with Gasteiger partial charge in [-0.25, -0.2) is 0 Å². The zero-order valence-electron chi connectivity index (χ0n) is 13.9. The van der Waals surface area contributed by atoms with Crippen molar-refractivity contribution in [1.29, 1.82) is 5.26 Å². The number of hydrogen-bond acceptors (Lipinski definition) is 7. The van der Waals surface area contributed by atoms with E-state index in [1.54, 1.807) is 0 Å². The summed E-state index contributed by atoms with van der Waals surface area (Å²) in [5, 5.41) is 12.5. The van der Waals surface area contributed by atoms with Gasteiger partial charge < -0.3 is 11.1 Å². The Balaban J connectivity index is 1.79. The molecule has 1 aliphatic rings. The molecule has 1 aromatic carbocycles. The number of nitrogens with one attached hydrogen (secondary N) is 1. The number of ketones is 1. The fraction of sp³-hybridized carbons (Fsp3) is 0.389. The lowest BCUT2D eigenvalue weighted by atomic mass is 9.93. The van der Waals surface area contributed by atoms with Gasteiger partial charge in [0.05, 0.1) is 6.07 Å². The summed E-state index contributed by atoms with van der Waals surface area (Å²) in [7, 11) is 0. The molecule has 0 aliphatic heterocycles. The first-order chi connectivity index (χ1) is 12.2. The lowest BCUT2D eigenvalue weighted by Gasteiger charge is -2.12. The Kier molecular flexibility index (Phi) is 5.19. The van der Waals surface area contributed by atoms with E-state index >= 15 is 0 Å². The van der Waals surface area contributed by atoms with Gasteiger partial charge in [0.1, 0.15) is 0 Å². The molecule has 1 aliphatic carbocycles. The lowest BCUT2D eigenvalue weighted by Crippen LogP contribution is -2.18. The van der Waals surface area contributed by atoms with Gasteiger partial charge in [0.2, 0.25) is 11.9 Å². The van der Waals surface area contributed by atoms with Gasteiger partial charge in [-0.15, -0.1) is 0 Å². The molecule has 7 heteroatoms. The molecule has 0 saturated heterocycles. The maximum absolute atomic E-state index is 12.5. The number of nitrogens with two attached hydrogens (primary N) is 1. The molecule has 1 heterocycles. The van der Waals surface area contributed by atoms with Crippen LogP contribution in [0.25, 0.3) is 0 Å². The normalized spacial score (nSPS) is 15.5. The van der Waals surface area contributed by atoms with Crippen LogP contribution in [0.4, 0.5) is 17.6 Å². The molecule has 0 amide bonds. The van der Waals surface area contributed by atoms with Crippen molar-refractivity contribution in [2.24, 2.45) is 5.92 Å². The summed E-state index contributed by atoms with van der Waals surface area (Å²) >= 11 is 0. The maximum Gasteiger partial charge on any atom is 0.232 e. The molecule has 3 rings (SSSR count). The third kappa shape index (κ3) is 4.29. The van der Waals surface area contributed by atoms with E-state index in [1.807, 2.05) is 36.4 Å². The number of rotatable bonds is 6. The highest BCUT2D eigenvalue weighted by atomic mass is 16.1. The van der Waals surface area contributed by atoms with Crippen molar-refractivity contribution in [2.45, 2.75) is 38.0 Å². The molecular formula is C18H20N6O. The van der Waals surface area contributed by atoms with Crippen LogP contribution in [0, 0.1) is 17.2 Å². The first-order valence-electron chi connectivity index (χ1n) is 8.41. The summed E-state index contributed by atoms with van der Waals surface area (Å²) in [6.07, 6.45) is 4.79. The number of benzene rings is 1. The topological polar surface area (TPSA) is 118 Å². The van der Waals surface area contributed by atoms with Crippen LogP contribution in [0.15, 0.2) is 30.3 Å². The molecule has 25 heavy (non-hydrogen) atoms. The molecule has 1 atom stereocenters. The molecule has 1 fully saturated rings. The number of anilines is 3. The highest BCUT2D eigenvalue weighted by molar-refractivity contribution is 5.87. The van der Waals surface area contributed by atoms with E-state index in [1.165, 1.54) is 0 Å². The van der Waals surface area contributed by atoms with E-state index in [0.717, 1.165) is 31.4 Å². The van der Waals surface area contributed by atoms with Gasteiger partial charge in [-0.3, -0.25) is 4.79 Å². The Morgan fingerprint density at radius 1 is 1.24 bits per heavy atom. The number of para-hydroxylation sites is 1. The molecule has 0 bridgehead atoms. The molecule has 2 aromatic rings. The molecule has 0 unspecified atom stereocenters. The Morgan fingerprint density at radius 2 is 1.96 bits per heavy atom. The minimum atomic E-state index is -1.01. The van der Waals surface area contributed by atoms with Gasteiger partial charge in [-0.1, -0.05) is 43.9 Å². The summed E-state index contributed by atoms with van der Waals surface area (Å²) in [6, 6.07) is 11.4. The smallest absolute Gasteiger partial charge is 0.232 e. The fourth-order valence-corrected chi connectivity index (χ4v) is 3.14. The zero-order chi connectivity index (χ0) is 17.6. The van der Waals surface area contributed by atoms with E-state index in [2.05, 4.69) is 20.3 Å². The Labute approximate surface area is 146 Å². The van der Waals surface area contributed by atoms with Crippen molar-refractivity contribution in [3.05, 3.63) is 36.2 Å². The van der Waals surface area contributed by atoms with Crippen LogP contribution in [0.2, 0.25) is 0 Å². The van der Waals surface area contributed by atoms with Crippen molar-refractivity contribution >= 4 is 23.4 Å². The van der Waals surface area contributed by atoms with Gasteiger partial charge in [-0.2, -0.15) is 20.2 Å². The molecular weight excluding hydrogens is 316 g/mol. The molecule has 1 saturated carbocycles. The van der Waals surface area contributed by atoms with Gasteiger partial charge in [0, 0.05) is 12.1 Å². The molecule has 128 valence electrons. The second-order valence-electron chi connectivity index (χ2n) is 6.25. The molecule has 1 aromatic heterocycles. The monoisotopic (exact) mass is 336 g/mol. The predicted octanol–water partition coefficient (Wildman–Crippen LogP) is 2.95. The van der Waals surface area contributed by atoms with Crippen molar-refractivity contribution in [2.75, 3.05) is 11.1 Å². The number of nitrogen functional groups attached to an aromatic ring is 1. The van der Waals surface area contributed by atoms with Crippen LogP contribution < -0.4 is 11.1 Å². The third-order valence-corrected chi connectivity index (χ3v) is 4.37. The number of carbonyl (C=O) groups is 1. The quantitative estimate of drug-likeness (QED) is 0.832. The standard InChI is InChI=1S/C18H20N6O/c19-11-14(15(25)10-12-6-4-5-7-12)16-22-17(20)24-18(23-16)21-13-8-2-1-3-9-13/h1-3,8-9,12,14H,4-7,10H2,(H3,20,21,22,23,24)/t14-/m0/s1. The average molecular weight is 336 g/mol. The number of nitriles is 1. The SMILES string of the molecule is N#C[C@@H](C(=O)CC1CCCC1)c1nc(N)nc(Nc2ccccc2)n1. The van der Waals surface area contributed by atoms with Crippen molar-refractivity contribution in [1.82, 2.24) is 15.0 Å². The van der Waals surface area contributed by atoms with E-state index in [0.29, 0.717) is 12.3 Å². The Bertz CT molecular complexity index is 780. The number of carbonyl (C=O) groups excluding carboxylic acids is 1. The Morgan fingerprint density at radius 3 is 2.64 bits per heavy atom. The van der Waals surface area contributed by atoms with Gasteiger partial charge in [0.15, 0.2) is 17.5 Å². The minimum Gasteiger partial charge on any atom is -0.368 e. The van der Waals surface area contributed by atoms with Crippen LogP contribution in [0.1, 0.15) is 43.8 Å². The van der Waals surface area contributed by atoms with Crippen LogP contribution in [0.5, 0.6) is 0 Å². The Hall–Kier alpha value is -3.01. The summed E-state index contributed by atoms with van der Waals surface area (Å²) in [6.45, 7) is 0. The van der Waals surface area contributed by atoms with Crippen LogP contribution in [-0.2, 0) is 4.79 Å². The first-order valence-corrected chi connectivity index (χ1v) is 8.41. The average Bonchev–Trinajstić information content (AvgIpc) is 3.09. The summed E-state index contributed by atoms with van der Waals surface area (Å²) in [5.41, 5.74) is 6.53. The maximum atomic E-state index is 12.5. The zero-order valence-corrected chi connectivity index (χ0v) is 13.9. The minimum absolute atomic E-state index is 0.0163. The van der Waals surface area contributed by atoms with E-state index in [-0.39, 0.29) is 23.5 Å². The molecule has 0 spiro atoms. The van der Waals surface area contributed by atoms with Crippen molar-refractivity contribution in [3.8, 4) is 6.07 Å². The van der Waals surface area contributed by atoms with Crippen molar-refractivity contribution in [3.63, 3.8) is 0 Å². The van der Waals surface area contributed by atoms with Crippen LogP contribution >= 0.6 is 0 Å². The predicted molar refractivity (Wildman–Crippen MR) is 93.9 cm³/mol. The number of aromatic nitrogens is 3. The third-order valence-electron chi connectivity index (χ3n) is 4.37. The summed E-state index contributed by atoms with van der Waals surface area (Å²) in [5.74, 6) is -0.478. The van der Waals surface area contributed by atoms with E-state index in [4.69, 9.17) is 5.73 Å². The van der Waals surface area contributed by atoms with Crippen molar-refractivity contribution < 1.29 is 4.79 Å². The van der Waals surface area contributed by atoms with Crippen LogP contribution in [0.3, 0.4) is 0 Å². The summed E-state index contributed by atoms with van der Waals surface area (Å²) in [4.78, 5) is 24.8. The largest absolute Gasteiger partial charge is 0.368 e. The molecule has 0 radical (unpaired) electrons. The van der Waals surface area contributed by atoms with Gasteiger partial charge >= 0.3 is 0 Å². The second kappa shape index (κ2) is 7.71. The lowest BCUT2D eigenvalue weighted by molar-refractivity contribution is -0.120. The highest BCUT2D eigenvalue weighted by Crippen LogP contribution is 2.30. The van der Waals surface area contributed by atoms with Gasteiger partial charge in [0.25, 0.3) is 0 Å². The molecule has 3 N–H and O–H groups in total. The van der Waals surface area contributed by atoms with Gasteiger partial charge in [-0.05, 0) is 18.1 Å². The van der Waals surface area contributed by atoms with E-state index < -0.39 is 5.92 Å². The van der Waals surface area contributed by atoms with Crippen LogP contribution in [-0.4, -0.2) is 20.7 Å². The number of hydrogen-bond donors (Lipinski definition) is 2. The van der Waals surface area contributed by atoms with E-state index in [9.17, 15) is 10.1 Å². The number of nitrogens with zero attached hydrogens (tertiary/aromatic N) is 4. The fourth-order valence-electron chi connectivity index (χ4n) is 3.14. The molecule has 7 nitrogen and oxygen atoms in total. The number of Topliss-reactive ketones (excluding diaryl/α,β-unsaturated/α-hetero) is 1. The highest BCUT2D eigenvalue weighted by Gasteiger charge is 2.28. The summed E-state index contributed by atoms with van der Waals surface area (Å²) < 4.78 is 0. The second-order valence-corrected chi connectivity index (χ2v) is 6.25.